The molecule has 8 aromatic rings. The first-order chi connectivity index (χ1) is 35.1. The molecule has 4 heterocycles. The Hall–Kier alpha value is -4.65. The third-order valence-electron chi connectivity index (χ3n) is 16.4. The Morgan fingerprint density at radius 1 is 0.458 bits per heavy atom. The number of rotatable bonds is 21. The molecule has 3 aromatic heterocycles. The van der Waals surface area contributed by atoms with Gasteiger partial charge in [-0.3, -0.25) is 0 Å². The minimum Gasteiger partial charge on any atom is -0.309 e. The minimum atomic E-state index is -0.105. The van der Waals surface area contributed by atoms with E-state index in [1.807, 2.05) is 11.3 Å². The lowest BCUT2D eigenvalue weighted by atomic mass is 9.82. The molecule has 370 valence electrons. The lowest BCUT2D eigenvalue weighted by Crippen LogP contribution is -2.18. The highest BCUT2D eigenvalue weighted by molar-refractivity contribution is 7.99. The largest absolute Gasteiger partial charge is 0.309 e. The van der Waals surface area contributed by atoms with Crippen molar-refractivity contribution in [2.45, 2.75) is 166 Å². The number of hydrogen-bond donors (Lipinski definition) is 0. The average molecular weight is 1020 g/mol. The molecule has 0 N–H and O–H groups in total. The summed E-state index contributed by atoms with van der Waals surface area (Å²) < 4.78 is 0. The summed E-state index contributed by atoms with van der Waals surface area (Å²) in [6.45, 7) is 16.7. The van der Waals surface area contributed by atoms with Gasteiger partial charge in [-0.2, -0.15) is 0 Å². The molecule has 1 nitrogen and oxygen atoms in total. The minimum absolute atomic E-state index is 0.105. The van der Waals surface area contributed by atoms with E-state index in [9.17, 15) is 0 Å². The summed E-state index contributed by atoms with van der Waals surface area (Å²) in [5.41, 5.74) is 22.3. The van der Waals surface area contributed by atoms with Crippen molar-refractivity contribution < 1.29 is 0 Å². The summed E-state index contributed by atoms with van der Waals surface area (Å²) in [5.74, 6) is 1.01. The average Bonchev–Trinajstić information content (AvgIpc) is 4.25. The Labute approximate surface area is 448 Å². The van der Waals surface area contributed by atoms with Crippen LogP contribution in [0, 0.1) is 0 Å². The summed E-state index contributed by atoms with van der Waals surface area (Å²) in [6.07, 6.45) is 18.9. The number of anilines is 3. The first-order valence-electron chi connectivity index (χ1n) is 27.5. The molecule has 0 atom stereocenters. The van der Waals surface area contributed by atoms with E-state index in [4.69, 9.17) is 0 Å². The van der Waals surface area contributed by atoms with Gasteiger partial charge < -0.3 is 4.90 Å². The molecule has 72 heavy (non-hydrogen) atoms. The van der Waals surface area contributed by atoms with Gasteiger partial charge in [0, 0.05) is 62.8 Å². The standard InChI is InChI=1S/C67H73NS4/c1-8-11-14-17-24-44-37-38-69-62(44)59-39-45(25-18-15-12-9-2)63(71-59)60-40-46(26-19-16-13-10-3)64(72-60)61-47-31-36-58(65(61)70-43-47)68(48-32-34-52-50-27-20-22-29-54(50)66(4,5)56(52)41-48)49-33-35-53-51-28-21-23-30-55(51)67(6,7)57(53)42-49/h20-23,27-42H,8-19,24-26,43H2,1-7H3. The van der Waals surface area contributed by atoms with Gasteiger partial charge in [0.1, 0.15) is 0 Å². The highest BCUT2D eigenvalue weighted by Crippen LogP contribution is 2.58. The van der Waals surface area contributed by atoms with E-state index in [0.29, 0.717) is 0 Å². The molecule has 0 spiro atoms. The number of hydrogen-bond acceptors (Lipinski definition) is 5. The number of thiophene rings is 3. The molecule has 11 rings (SSSR count). The first kappa shape index (κ1) is 49.6. The molecular formula is C67H73NS4. The second-order valence-electron chi connectivity index (χ2n) is 22.0. The van der Waals surface area contributed by atoms with Crippen LogP contribution in [0.15, 0.2) is 126 Å². The Morgan fingerprint density at radius 3 is 1.53 bits per heavy atom. The van der Waals surface area contributed by atoms with Crippen LogP contribution in [0.5, 0.6) is 0 Å². The summed E-state index contributed by atoms with van der Waals surface area (Å²) in [6, 6.07) is 45.5. The first-order valence-corrected chi connectivity index (χ1v) is 31.0. The van der Waals surface area contributed by atoms with Crippen LogP contribution in [0.3, 0.4) is 0 Å². The fourth-order valence-corrected chi connectivity index (χ4v) is 17.4. The lowest BCUT2D eigenvalue weighted by Gasteiger charge is -2.31. The number of nitrogens with zero attached hydrogens (tertiary/aromatic N) is 1. The maximum atomic E-state index is 2.66. The molecule has 5 aromatic carbocycles. The Bertz CT molecular complexity index is 3130. The second kappa shape index (κ2) is 20.9. The molecule has 0 radical (unpaired) electrons. The van der Waals surface area contributed by atoms with Crippen LogP contribution >= 0.6 is 45.8 Å². The van der Waals surface area contributed by atoms with Crippen LogP contribution in [-0.4, -0.2) is 0 Å². The number of benzene rings is 5. The number of thioether (sulfide) groups is 1. The molecule has 0 saturated heterocycles. The summed E-state index contributed by atoms with van der Waals surface area (Å²) in [5, 5.41) is 2.35. The molecule has 2 aliphatic carbocycles. The van der Waals surface area contributed by atoms with Gasteiger partial charge in [-0.25, -0.2) is 0 Å². The molecule has 0 amide bonds. The van der Waals surface area contributed by atoms with E-state index < -0.39 is 0 Å². The van der Waals surface area contributed by atoms with Crippen LogP contribution < -0.4 is 4.90 Å². The summed E-state index contributed by atoms with van der Waals surface area (Å²) in [7, 11) is 0. The Balaban J connectivity index is 1.06. The predicted octanol–water partition coefficient (Wildman–Crippen LogP) is 21.9. The third kappa shape index (κ3) is 9.01. The highest BCUT2D eigenvalue weighted by Gasteiger charge is 2.39. The third-order valence-corrected chi connectivity index (χ3v) is 21.3. The molecular weight excluding hydrogens is 947 g/mol. The maximum absolute atomic E-state index is 2.66. The van der Waals surface area contributed by atoms with Gasteiger partial charge in [0.15, 0.2) is 0 Å². The van der Waals surface area contributed by atoms with E-state index >= 15 is 0 Å². The predicted molar refractivity (Wildman–Crippen MR) is 319 cm³/mol. The molecule has 5 heteroatoms. The van der Waals surface area contributed by atoms with E-state index in [0.717, 1.165) is 18.6 Å². The zero-order valence-corrected chi connectivity index (χ0v) is 47.2. The van der Waals surface area contributed by atoms with E-state index in [1.165, 1.54) is 185 Å². The van der Waals surface area contributed by atoms with Crippen molar-refractivity contribution in [2.24, 2.45) is 0 Å². The highest BCUT2D eigenvalue weighted by atomic mass is 32.2. The Morgan fingerprint density at radius 2 is 0.958 bits per heavy atom. The Kier molecular flexibility index (Phi) is 14.4. The monoisotopic (exact) mass is 1020 g/mol. The van der Waals surface area contributed by atoms with Crippen molar-refractivity contribution in [3.8, 4) is 52.2 Å². The fourth-order valence-electron chi connectivity index (χ4n) is 12.4. The lowest BCUT2D eigenvalue weighted by molar-refractivity contribution is 0.660. The summed E-state index contributed by atoms with van der Waals surface area (Å²) >= 11 is 8.21. The quantitative estimate of drug-likeness (QED) is 0.0660. The van der Waals surface area contributed by atoms with Gasteiger partial charge in [0.2, 0.25) is 0 Å². The molecule has 0 fully saturated rings. The zero-order chi connectivity index (χ0) is 49.6. The van der Waals surface area contributed by atoms with Gasteiger partial charge in [-0.1, -0.05) is 173 Å². The molecule has 3 aliphatic rings. The number of fused-ring (bicyclic) bond motifs is 8. The van der Waals surface area contributed by atoms with Crippen LogP contribution in [0.1, 0.15) is 170 Å². The fraction of sp³-hybridized carbons (Fsp3) is 0.373. The smallest absolute Gasteiger partial charge is 0.0604 e. The molecule has 0 saturated carbocycles. The summed E-state index contributed by atoms with van der Waals surface area (Å²) in [4.78, 5) is 11.6. The normalized spacial score (nSPS) is 14.4. The maximum Gasteiger partial charge on any atom is 0.0604 e. The van der Waals surface area contributed by atoms with E-state index in [2.05, 4.69) is 208 Å². The SMILES string of the molecule is CCCCCCc1ccsc1-c1cc(CCCCCC)c(-c2cc(CCCCCC)c(-c3c4ccc(N(c5ccc6c(c5)C(C)(C)c5ccccc5-6)c5ccc6c(c5)C(C)(C)c5ccccc5-6)c3SC4)s2)s1. The van der Waals surface area contributed by atoms with Gasteiger partial charge >= 0.3 is 0 Å². The van der Waals surface area contributed by atoms with Gasteiger partial charge in [-0.05, 0) is 159 Å². The van der Waals surface area contributed by atoms with Crippen molar-refractivity contribution in [2.75, 3.05) is 4.90 Å². The van der Waals surface area contributed by atoms with Gasteiger partial charge in [0.05, 0.1) is 5.69 Å². The van der Waals surface area contributed by atoms with Crippen LogP contribution in [0.4, 0.5) is 17.1 Å². The van der Waals surface area contributed by atoms with Gasteiger partial charge in [0.25, 0.3) is 0 Å². The van der Waals surface area contributed by atoms with Crippen LogP contribution in [-0.2, 0) is 35.8 Å². The van der Waals surface area contributed by atoms with Crippen molar-refractivity contribution >= 4 is 62.8 Å². The van der Waals surface area contributed by atoms with E-state index in [1.54, 1.807) is 16.7 Å². The molecule has 2 bridgehead atoms. The van der Waals surface area contributed by atoms with Crippen molar-refractivity contribution in [1.82, 2.24) is 0 Å². The van der Waals surface area contributed by atoms with Crippen LogP contribution in [0.25, 0.3) is 52.2 Å². The topological polar surface area (TPSA) is 3.24 Å². The number of aryl methyl sites for hydroxylation is 3. The zero-order valence-electron chi connectivity index (χ0n) is 43.9. The molecule has 0 unspecified atom stereocenters. The number of unbranched alkanes of at least 4 members (excludes halogenated alkanes) is 9. The van der Waals surface area contributed by atoms with Crippen molar-refractivity contribution in [3.05, 3.63) is 165 Å². The van der Waals surface area contributed by atoms with Crippen molar-refractivity contribution in [1.29, 1.82) is 0 Å². The second-order valence-corrected chi connectivity index (χ2v) is 26.0. The molecule has 1 aliphatic heterocycles. The van der Waals surface area contributed by atoms with Crippen molar-refractivity contribution in [3.63, 3.8) is 0 Å². The van der Waals surface area contributed by atoms with Gasteiger partial charge in [-0.15, -0.1) is 45.8 Å². The van der Waals surface area contributed by atoms with E-state index in [-0.39, 0.29) is 10.8 Å². The van der Waals surface area contributed by atoms with Crippen LogP contribution in [0.2, 0.25) is 0 Å².